The summed E-state index contributed by atoms with van der Waals surface area (Å²) in [4.78, 5) is 15.6. The number of nitrogens with two attached hydrogens (primary N) is 1. The van der Waals surface area contributed by atoms with Gasteiger partial charge in [-0.25, -0.2) is 0 Å². The SMILES string of the molecule is Cc1ncc([C@H]2CC[C@H](CO)CC2)cc1C(N)=O. The van der Waals surface area contributed by atoms with Crippen molar-refractivity contribution in [1.29, 1.82) is 0 Å². The molecule has 1 aromatic heterocycles. The van der Waals surface area contributed by atoms with E-state index in [1.54, 1.807) is 6.92 Å². The monoisotopic (exact) mass is 248 g/mol. The topological polar surface area (TPSA) is 76.2 Å². The van der Waals surface area contributed by atoms with Crippen molar-refractivity contribution in [2.24, 2.45) is 11.7 Å². The Morgan fingerprint density at radius 1 is 1.44 bits per heavy atom. The number of aromatic nitrogens is 1. The van der Waals surface area contributed by atoms with Crippen LogP contribution in [0, 0.1) is 12.8 Å². The molecule has 18 heavy (non-hydrogen) atoms. The highest BCUT2D eigenvalue weighted by atomic mass is 16.3. The second-order valence-electron chi connectivity index (χ2n) is 5.17. The molecule has 1 amide bonds. The second-order valence-corrected chi connectivity index (χ2v) is 5.17. The van der Waals surface area contributed by atoms with Gasteiger partial charge in [-0.15, -0.1) is 0 Å². The van der Waals surface area contributed by atoms with Gasteiger partial charge in [-0.2, -0.15) is 0 Å². The fourth-order valence-corrected chi connectivity index (χ4v) is 2.70. The van der Waals surface area contributed by atoms with Gasteiger partial charge in [-0.1, -0.05) is 0 Å². The fourth-order valence-electron chi connectivity index (χ4n) is 2.70. The molecule has 0 bridgehead atoms. The molecule has 1 aliphatic rings. The summed E-state index contributed by atoms with van der Waals surface area (Å²) in [6, 6.07) is 1.88. The summed E-state index contributed by atoms with van der Waals surface area (Å²) >= 11 is 0. The Hall–Kier alpha value is -1.42. The number of aliphatic hydroxyl groups is 1. The van der Waals surface area contributed by atoms with Crippen molar-refractivity contribution in [2.45, 2.75) is 38.5 Å². The number of pyridine rings is 1. The van der Waals surface area contributed by atoms with Gasteiger partial charge in [0.15, 0.2) is 0 Å². The molecule has 0 saturated heterocycles. The third kappa shape index (κ3) is 2.70. The summed E-state index contributed by atoms with van der Waals surface area (Å²) in [6.07, 6.45) is 6.04. The Kier molecular flexibility index (Phi) is 3.97. The molecule has 1 fully saturated rings. The Morgan fingerprint density at radius 2 is 2.11 bits per heavy atom. The molecule has 1 aromatic rings. The van der Waals surface area contributed by atoms with E-state index in [-0.39, 0.29) is 6.61 Å². The van der Waals surface area contributed by atoms with E-state index in [2.05, 4.69) is 4.98 Å². The number of carbonyl (C=O) groups is 1. The molecule has 0 spiro atoms. The lowest BCUT2D eigenvalue weighted by atomic mass is 9.79. The van der Waals surface area contributed by atoms with Crippen molar-refractivity contribution in [2.75, 3.05) is 6.61 Å². The van der Waals surface area contributed by atoms with Gasteiger partial charge in [-0.3, -0.25) is 9.78 Å². The maximum atomic E-state index is 11.3. The lowest BCUT2D eigenvalue weighted by Crippen LogP contribution is -2.18. The number of aryl methyl sites for hydroxylation is 1. The van der Waals surface area contributed by atoms with E-state index in [1.165, 1.54) is 0 Å². The number of aliphatic hydroxyl groups excluding tert-OH is 1. The molecule has 2 rings (SSSR count). The van der Waals surface area contributed by atoms with Gasteiger partial charge in [0.05, 0.1) is 5.56 Å². The van der Waals surface area contributed by atoms with Gasteiger partial charge < -0.3 is 10.8 Å². The number of hydrogen-bond donors (Lipinski definition) is 2. The largest absolute Gasteiger partial charge is 0.396 e. The summed E-state index contributed by atoms with van der Waals surface area (Å²) < 4.78 is 0. The first kappa shape index (κ1) is 13.0. The zero-order valence-corrected chi connectivity index (χ0v) is 10.7. The van der Waals surface area contributed by atoms with E-state index in [9.17, 15) is 4.79 Å². The summed E-state index contributed by atoms with van der Waals surface area (Å²) in [5.41, 5.74) is 7.66. The zero-order chi connectivity index (χ0) is 13.1. The van der Waals surface area contributed by atoms with Crippen LogP contribution >= 0.6 is 0 Å². The van der Waals surface area contributed by atoms with Crippen LogP contribution in [-0.2, 0) is 0 Å². The van der Waals surface area contributed by atoms with Crippen LogP contribution in [0.1, 0.15) is 53.2 Å². The normalized spacial score (nSPS) is 23.9. The Morgan fingerprint density at radius 3 is 2.67 bits per heavy atom. The molecule has 0 radical (unpaired) electrons. The number of nitrogens with zero attached hydrogens (tertiary/aromatic N) is 1. The number of amides is 1. The van der Waals surface area contributed by atoms with E-state index < -0.39 is 5.91 Å². The van der Waals surface area contributed by atoms with Crippen molar-refractivity contribution in [1.82, 2.24) is 4.98 Å². The van der Waals surface area contributed by atoms with Crippen LogP contribution in [0.15, 0.2) is 12.3 Å². The van der Waals surface area contributed by atoms with Gasteiger partial charge in [0.25, 0.3) is 5.91 Å². The van der Waals surface area contributed by atoms with Gasteiger partial charge in [0, 0.05) is 18.5 Å². The molecule has 0 unspecified atom stereocenters. The maximum absolute atomic E-state index is 11.3. The number of hydrogen-bond acceptors (Lipinski definition) is 3. The molecule has 4 heteroatoms. The van der Waals surface area contributed by atoms with Crippen LogP contribution in [0.3, 0.4) is 0 Å². The molecular weight excluding hydrogens is 228 g/mol. The minimum atomic E-state index is -0.411. The van der Waals surface area contributed by atoms with Crippen molar-refractivity contribution in [3.05, 3.63) is 29.1 Å². The third-order valence-electron chi connectivity index (χ3n) is 3.95. The Balaban J connectivity index is 2.15. The van der Waals surface area contributed by atoms with Gasteiger partial charge in [0.2, 0.25) is 0 Å². The second kappa shape index (κ2) is 5.48. The molecule has 4 nitrogen and oxygen atoms in total. The van der Waals surface area contributed by atoms with E-state index in [4.69, 9.17) is 10.8 Å². The van der Waals surface area contributed by atoms with E-state index >= 15 is 0 Å². The van der Waals surface area contributed by atoms with Crippen LogP contribution < -0.4 is 5.73 Å². The quantitative estimate of drug-likeness (QED) is 0.855. The van der Waals surface area contributed by atoms with E-state index in [0.29, 0.717) is 23.1 Å². The molecule has 98 valence electrons. The van der Waals surface area contributed by atoms with Crippen molar-refractivity contribution >= 4 is 5.91 Å². The standard InChI is InChI=1S/C14H20N2O2/c1-9-13(14(15)18)6-12(7-16-9)11-4-2-10(8-17)3-5-11/h6-7,10-11,17H,2-5,8H2,1H3,(H2,15,18)/t10-,11-. The average Bonchev–Trinajstić information content (AvgIpc) is 2.39. The lowest BCUT2D eigenvalue weighted by molar-refractivity contribution is 0.0999. The summed E-state index contributed by atoms with van der Waals surface area (Å²) in [5.74, 6) is 0.472. The fraction of sp³-hybridized carbons (Fsp3) is 0.571. The predicted molar refractivity (Wildman–Crippen MR) is 69.3 cm³/mol. The van der Waals surface area contributed by atoms with Crippen molar-refractivity contribution in [3.63, 3.8) is 0 Å². The molecule has 1 aliphatic carbocycles. The summed E-state index contributed by atoms with van der Waals surface area (Å²) in [5, 5.41) is 9.13. The number of carbonyl (C=O) groups excluding carboxylic acids is 1. The van der Waals surface area contributed by atoms with Crippen LogP contribution in [0.2, 0.25) is 0 Å². The first-order valence-electron chi connectivity index (χ1n) is 6.49. The number of primary amides is 1. The minimum absolute atomic E-state index is 0.283. The molecular formula is C14H20N2O2. The first-order chi connectivity index (χ1) is 8.61. The van der Waals surface area contributed by atoms with E-state index in [0.717, 1.165) is 31.2 Å². The van der Waals surface area contributed by atoms with Crippen LogP contribution in [0.4, 0.5) is 0 Å². The van der Waals surface area contributed by atoms with Gasteiger partial charge in [-0.05, 0) is 56.1 Å². The maximum Gasteiger partial charge on any atom is 0.250 e. The molecule has 0 atom stereocenters. The smallest absolute Gasteiger partial charge is 0.250 e. The molecule has 3 N–H and O–H groups in total. The van der Waals surface area contributed by atoms with Gasteiger partial charge >= 0.3 is 0 Å². The van der Waals surface area contributed by atoms with E-state index in [1.807, 2.05) is 12.3 Å². The molecule has 0 aliphatic heterocycles. The average molecular weight is 248 g/mol. The molecule has 1 heterocycles. The lowest BCUT2D eigenvalue weighted by Gasteiger charge is -2.27. The highest BCUT2D eigenvalue weighted by Gasteiger charge is 2.23. The minimum Gasteiger partial charge on any atom is -0.396 e. The van der Waals surface area contributed by atoms with Crippen molar-refractivity contribution < 1.29 is 9.90 Å². The summed E-state index contributed by atoms with van der Waals surface area (Å²) in [7, 11) is 0. The zero-order valence-electron chi connectivity index (χ0n) is 10.7. The summed E-state index contributed by atoms with van der Waals surface area (Å²) in [6.45, 7) is 2.08. The Labute approximate surface area is 107 Å². The van der Waals surface area contributed by atoms with Gasteiger partial charge in [0.1, 0.15) is 0 Å². The molecule has 0 aromatic carbocycles. The predicted octanol–water partition coefficient (Wildman–Crippen LogP) is 1.76. The Bertz CT molecular complexity index is 437. The highest BCUT2D eigenvalue weighted by molar-refractivity contribution is 5.93. The van der Waals surface area contributed by atoms with Crippen LogP contribution in [0.5, 0.6) is 0 Å². The molecule has 1 saturated carbocycles. The number of rotatable bonds is 3. The highest BCUT2D eigenvalue weighted by Crippen LogP contribution is 2.35. The van der Waals surface area contributed by atoms with Crippen LogP contribution in [0.25, 0.3) is 0 Å². The van der Waals surface area contributed by atoms with Crippen molar-refractivity contribution in [3.8, 4) is 0 Å². The van der Waals surface area contributed by atoms with Crippen LogP contribution in [-0.4, -0.2) is 22.6 Å². The first-order valence-corrected chi connectivity index (χ1v) is 6.49. The third-order valence-corrected chi connectivity index (χ3v) is 3.95.